The van der Waals surface area contributed by atoms with Crippen molar-refractivity contribution in [2.45, 2.75) is 0 Å². The van der Waals surface area contributed by atoms with Gasteiger partial charge in [-0.25, -0.2) is 0 Å². The second kappa shape index (κ2) is 7.10. The van der Waals surface area contributed by atoms with Crippen molar-refractivity contribution < 1.29 is 0 Å². The van der Waals surface area contributed by atoms with E-state index in [1.165, 1.54) is 0 Å². The number of benzene rings is 3. The van der Waals surface area contributed by atoms with Gasteiger partial charge in [-0.1, -0.05) is 0 Å². The van der Waals surface area contributed by atoms with Crippen molar-refractivity contribution in [1.82, 2.24) is 0 Å². The fourth-order valence-corrected chi connectivity index (χ4v) is 11.0. The third-order valence-electron chi connectivity index (χ3n) is 3.98. The van der Waals surface area contributed by atoms with E-state index in [0.29, 0.717) is 4.30 Å². The van der Waals surface area contributed by atoms with Gasteiger partial charge in [0.1, 0.15) is 0 Å². The topological polar surface area (TPSA) is 47.6 Å². The first-order valence-electron chi connectivity index (χ1n) is 7.57. The molecule has 0 aliphatic carbocycles. The summed E-state index contributed by atoms with van der Waals surface area (Å²) >= 11 is -3.32. The van der Waals surface area contributed by atoms with E-state index in [-0.39, 0.29) is 0 Å². The van der Waals surface area contributed by atoms with Gasteiger partial charge in [0.15, 0.2) is 0 Å². The number of rotatable bonds is 3. The number of nitriles is 2. The zero-order chi connectivity index (χ0) is 16.8. The molecule has 0 unspecified atom stereocenters. The molecule has 0 saturated heterocycles. The monoisotopic (exact) mass is 370 g/mol. The number of hydrogen-bond acceptors (Lipinski definition) is 2. The van der Waals surface area contributed by atoms with E-state index in [2.05, 4.69) is 12.1 Å². The average Bonchev–Trinajstić information content (AvgIpc) is 2.68. The van der Waals surface area contributed by atoms with Crippen molar-refractivity contribution in [2.75, 3.05) is 0 Å². The van der Waals surface area contributed by atoms with Crippen molar-refractivity contribution in [1.29, 1.82) is 10.5 Å². The van der Waals surface area contributed by atoms with Crippen molar-refractivity contribution >= 4 is 30.5 Å². The second-order valence-corrected chi connectivity index (χ2v) is 12.3. The molecule has 114 valence electrons. The Morgan fingerprint density at radius 3 is 1.08 bits per heavy atom. The van der Waals surface area contributed by atoms with Crippen LogP contribution in [0, 0.1) is 22.7 Å². The van der Waals surface area contributed by atoms with Crippen LogP contribution >= 0.6 is 0 Å². The van der Waals surface area contributed by atoms with E-state index < -0.39 is 13.1 Å². The molecular weight excluding hydrogens is 355 g/mol. The minimum atomic E-state index is -3.32. The van der Waals surface area contributed by atoms with Gasteiger partial charge in [0.2, 0.25) is 0 Å². The van der Waals surface area contributed by atoms with Crippen LogP contribution < -0.4 is 13.1 Å². The summed E-state index contributed by atoms with van der Waals surface area (Å²) in [5.41, 5.74) is 0. The molecule has 24 heavy (non-hydrogen) atoms. The molecule has 0 aromatic heterocycles. The summed E-state index contributed by atoms with van der Waals surface area (Å²) in [5, 5.41) is 19.6. The zero-order valence-electron chi connectivity index (χ0n) is 13.0. The van der Waals surface area contributed by atoms with E-state index in [1.807, 2.05) is 91.0 Å². The fraction of sp³-hybridized carbons (Fsp3) is 0. The summed E-state index contributed by atoms with van der Waals surface area (Å²) in [6.45, 7) is 0. The van der Waals surface area contributed by atoms with Gasteiger partial charge < -0.3 is 0 Å². The first-order chi connectivity index (χ1) is 11.8. The summed E-state index contributed by atoms with van der Waals surface area (Å²) in [6.07, 6.45) is 0. The molecule has 0 N–H and O–H groups in total. The Kier molecular flexibility index (Phi) is 4.71. The Balaban J connectivity index is 2.57. The Morgan fingerprint density at radius 1 is 0.542 bits per heavy atom. The van der Waals surface area contributed by atoms with Crippen LogP contribution in [-0.4, -0.2) is 17.4 Å². The van der Waals surface area contributed by atoms with Crippen LogP contribution in [0.1, 0.15) is 0 Å². The molecule has 3 heteroatoms. The molecule has 3 rings (SSSR count). The van der Waals surface area contributed by atoms with Gasteiger partial charge in [-0.3, -0.25) is 0 Å². The maximum atomic E-state index is 9.78. The molecule has 0 amide bonds. The molecule has 0 radical (unpaired) electrons. The molecule has 0 atom stereocenters. The third-order valence-corrected chi connectivity index (χ3v) is 12.6. The third kappa shape index (κ3) is 2.59. The van der Waals surface area contributed by atoms with E-state index >= 15 is 0 Å². The fourth-order valence-electron chi connectivity index (χ4n) is 2.96. The Labute approximate surface area is 144 Å². The quantitative estimate of drug-likeness (QED) is 0.662. The molecule has 0 spiro atoms. The van der Waals surface area contributed by atoms with Gasteiger partial charge >= 0.3 is 144 Å². The maximum absolute atomic E-state index is 9.78. The number of hydrogen-bond donors (Lipinski definition) is 0. The van der Waals surface area contributed by atoms with Gasteiger partial charge in [-0.05, 0) is 0 Å². The summed E-state index contributed by atoms with van der Waals surface area (Å²) < 4.78 is 3.56. The molecule has 3 aromatic carbocycles. The van der Waals surface area contributed by atoms with Crippen LogP contribution in [-0.2, 0) is 0 Å². The van der Waals surface area contributed by atoms with Crippen molar-refractivity contribution in [3.8, 4) is 12.1 Å². The van der Waals surface area contributed by atoms with Crippen molar-refractivity contribution in [3.63, 3.8) is 0 Å². The van der Waals surface area contributed by atoms with Gasteiger partial charge in [0.25, 0.3) is 0 Å². The first-order valence-corrected chi connectivity index (χ1v) is 11.3. The second-order valence-electron chi connectivity index (χ2n) is 5.25. The van der Waals surface area contributed by atoms with Gasteiger partial charge in [-0.15, -0.1) is 0 Å². The van der Waals surface area contributed by atoms with E-state index in [0.717, 1.165) is 13.1 Å². The SMILES string of the molecule is N#CC(C#N)=[As](c1ccccc1)(c1ccccc1)c1ccccc1. The van der Waals surface area contributed by atoms with E-state index in [9.17, 15) is 10.5 Å². The van der Waals surface area contributed by atoms with Gasteiger partial charge in [0, 0.05) is 0 Å². The molecule has 0 heterocycles. The zero-order valence-corrected chi connectivity index (χ0v) is 14.9. The predicted molar refractivity (Wildman–Crippen MR) is 100 cm³/mol. The van der Waals surface area contributed by atoms with Crippen LogP contribution in [0.3, 0.4) is 0 Å². The van der Waals surface area contributed by atoms with E-state index in [4.69, 9.17) is 0 Å². The molecule has 0 fully saturated rings. The molecule has 3 aromatic rings. The summed E-state index contributed by atoms with van der Waals surface area (Å²) in [6, 6.07) is 34.4. The Morgan fingerprint density at radius 2 is 0.833 bits per heavy atom. The molecule has 0 bridgehead atoms. The van der Waals surface area contributed by atoms with Gasteiger partial charge in [-0.2, -0.15) is 0 Å². The molecular formula is C21H15AsN2. The summed E-state index contributed by atoms with van der Waals surface area (Å²) in [5.74, 6) is 0. The molecule has 2 nitrogen and oxygen atoms in total. The standard InChI is InChI=1S/C21H15AsN2/c23-16-21(17-24)22(18-10-4-1-5-11-18,19-12-6-2-7-13-19)20-14-8-3-9-15-20/h1-15H. The van der Waals surface area contributed by atoms with Crippen LogP contribution in [0.2, 0.25) is 0 Å². The van der Waals surface area contributed by atoms with Gasteiger partial charge in [0.05, 0.1) is 0 Å². The van der Waals surface area contributed by atoms with Crippen LogP contribution in [0.4, 0.5) is 0 Å². The number of nitrogens with zero attached hydrogens (tertiary/aromatic N) is 2. The van der Waals surface area contributed by atoms with Crippen molar-refractivity contribution in [3.05, 3.63) is 91.0 Å². The Hall–Kier alpha value is -2.93. The average molecular weight is 370 g/mol. The van der Waals surface area contributed by atoms with E-state index in [1.54, 1.807) is 0 Å². The molecule has 0 saturated carbocycles. The van der Waals surface area contributed by atoms with Crippen LogP contribution in [0.5, 0.6) is 0 Å². The summed E-state index contributed by atoms with van der Waals surface area (Å²) in [4.78, 5) is 0. The van der Waals surface area contributed by atoms with Crippen LogP contribution in [0.25, 0.3) is 0 Å². The summed E-state index contributed by atoms with van der Waals surface area (Å²) in [7, 11) is 0. The minimum absolute atomic E-state index is 0.330. The first kappa shape index (κ1) is 15.9. The molecule has 0 aliphatic heterocycles. The van der Waals surface area contributed by atoms with Crippen LogP contribution in [0.15, 0.2) is 91.0 Å². The Bertz CT molecular complexity index is 844. The molecule has 0 aliphatic rings. The van der Waals surface area contributed by atoms with Crippen molar-refractivity contribution in [2.24, 2.45) is 0 Å². The normalized spacial score (nSPS) is 10.4. The predicted octanol–water partition coefficient (Wildman–Crippen LogP) is 1.96.